The van der Waals surface area contributed by atoms with Gasteiger partial charge in [-0.15, -0.1) is 0 Å². The summed E-state index contributed by atoms with van der Waals surface area (Å²) in [4.78, 5) is 25.4. The summed E-state index contributed by atoms with van der Waals surface area (Å²) in [5.74, 6) is -1.24. The summed E-state index contributed by atoms with van der Waals surface area (Å²) < 4.78 is 13.0. The molecule has 0 aliphatic carbocycles. The highest BCUT2D eigenvalue weighted by Crippen LogP contribution is 2.26. The zero-order valence-corrected chi connectivity index (χ0v) is 11.4. The summed E-state index contributed by atoms with van der Waals surface area (Å²) in [7, 11) is 0. The molecule has 1 aromatic carbocycles. The number of benzene rings is 1. The molecule has 1 atom stereocenters. The van der Waals surface area contributed by atoms with Crippen molar-refractivity contribution in [1.82, 2.24) is 4.90 Å². The lowest BCUT2D eigenvalue weighted by Gasteiger charge is -2.35. The number of piperidine rings is 1. The average Bonchev–Trinajstić information content (AvgIpc) is 2.38. The summed E-state index contributed by atoms with van der Waals surface area (Å²) in [5.41, 5.74) is 0.0850. The topological polar surface area (TPSA) is 57.6 Å². The summed E-state index contributed by atoms with van der Waals surface area (Å²) in [5, 5.41) is 9.71. The minimum absolute atomic E-state index is 0.0398. The van der Waals surface area contributed by atoms with Gasteiger partial charge in [0.2, 0.25) is 0 Å². The molecule has 1 aromatic rings. The van der Waals surface area contributed by atoms with Gasteiger partial charge >= 0.3 is 0 Å². The minimum atomic E-state index is -0.585. The number of ketones is 1. The lowest BCUT2D eigenvalue weighted by molar-refractivity contribution is -0.118. The minimum Gasteiger partial charge on any atom is -0.507 e. The number of halogens is 1. The average molecular weight is 279 g/mol. The van der Waals surface area contributed by atoms with Gasteiger partial charge < -0.3 is 10.0 Å². The SMILES string of the molecule is CC(=O)CC1CCCCN1C(=O)c1ccc(F)cc1O. The molecule has 1 N–H and O–H groups in total. The van der Waals surface area contributed by atoms with E-state index in [1.807, 2.05) is 0 Å². The second kappa shape index (κ2) is 6.03. The maximum atomic E-state index is 13.0. The lowest BCUT2D eigenvalue weighted by Crippen LogP contribution is -2.44. The van der Waals surface area contributed by atoms with Crippen molar-refractivity contribution >= 4 is 11.7 Å². The van der Waals surface area contributed by atoms with Gasteiger partial charge in [0.1, 0.15) is 17.3 Å². The zero-order chi connectivity index (χ0) is 14.7. The Hall–Kier alpha value is -1.91. The predicted molar refractivity (Wildman–Crippen MR) is 72.0 cm³/mol. The van der Waals surface area contributed by atoms with Crippen molar-refractivity contribution in [3.05, 3.63) is 29.6 Å². The molecule has 1 heterocycles. The number of likely N-dealkylation sites (tertiary alicyclic amines) is 1. The number of carbonyl (C=O) groups is 2. The van der Waals surface area contributed by atoms with Crippen molar-refractivity contribution in [1.29, 1.82) is 0 Å². The molecular weight excluding hydrogens is 261 g/mol. The maximum Gasteiger partial charge on any atom is 0.257 e. The lowest BCUT2D eigenvalue weighted by atomic mass is 9.96. The first-order valence-corrected chi connectivity index (χ1v) is 6.78. The van der Waals surface area contributed by atoms with Crippen LogP contribution < -0.4 is 0 Å². The van der Waals surface area contributed by atoms with E-state index < -0.39 is 5.82 Å². The van der Waals surface area contributed by atoms with Gasteiger partial charge in [-0.3, -0.25) is 9.59 Å². The summed E-state index contributed by atoms with van der Waals surface area (Å²) in [6.07, 6.45) is 2.97. The van der Waals surface area contributed by atoms with Crippen molar-refractivity contribution in [2.24, 2.45) is 0 Å². The van der Waals surface area contributed by atoms with Gasteiger partial charge in [0, 0.05) is 25.1 Å². The monoisotopic (exact) mass is 279 g/mol. The van der Waals surface area contributed by atoms with Crippen LogP contribution in [-0.2, 0) is 4.79 Å². The molecule has 1 fully saturated rings. The van der Waals surface area contributed by atoms with E-state index in [0.29, 0.717) is 13.0 Å². The van der Waals surface area contributed by atoms with Crippen molar-refractivity contribution in [3.63, 3.8) is 0 Å². The molecule has 2 rings (SSSR count). The zero-order valence-electron chi connectivity index (χ0n) is 11.4. The van der Waals surface area contributed by atoms with E-state index in [4.69, 9.17) is 0 Å². The number of hydrogen-bond acceptors (Lipinski definition) is 3. The molecule has 20 heavy (non-hydrogen) atoms. The van der Waals surface area contributed by atoms with Crippen LogP contribution in [0.3, 0.4) is 0 Å². The van der Waals surface area contributed by atoms with Crippen LogP contribution in [0.15, 0.2) is 18.2 Å². The van der Waals surface area contributed by atoms with Crippen molar-refractivity contribution in [2.45, 2.75) is 38.6 Å². The van der Waals surface area contributed by atoms with Gasteiger partial charge in [0.05, 0.1) is 5.56 Å². The van der Waals surface area contributed by atoms with Crippen LogP contribution in [-0.4, -0.2) is 34.3 Å². The normalized spacial score (nSPS) is 18.9. The Bertz CT molecular complexity index is 530. The van der Waals surface area contributed by atoms with E-state index >= 15 is 0 Å². The molecule has 0 saturated carbocycles. The van der Waals surface area contributed by atoms with Gasteiger partial charge in [-0.05, 0) is 38.3 Å². The van der Waals surface area contributed by atoms with E-state index in [2.05, 4.69) is 0 Å². The van der Waals surface area contributed by atoms with Crippen molar-refractivity contribution in [2.75, 3.05) is 6.54 Å². The Morgan fingerprint density at radius 2 is 2.15 bits per heavy atom. The maximum absolute atomic E-state index is 13.0. The number of hydrogen-bond donors (Lipinski definition) is 1. The van der Waals surface area contributed by atoms with E-state index in [1.54, 1.807) is 4.90 Å². The highest BCUT2D eigenvalue weighted by Gasteiger charge is 2.29. The Morgan fingerprint density at radius 1 is 1.40 bits per heavy atom. The van der Waals surface area contributed by atoms with Crippen LogP contribution in [0.4, 0.5) is 4.39 Å². The van der Waals surface area contributed by atoms with E-state index in [-0.39, 0.29) is 29.0 Å². The molecule has 1 aliphatic heterocycles. The summed E-state index contributed by atoms with van der Waals surface area (Å²) in [6, 6.07) is 3.23. The van der Waals surface area contributed by atoms with Crippen LogP contribution in [0.1, 0.15) is 43.0 Å². The van der Waals surface area contributed by atoms with E-state index in [9.17, 15) is 19.1 Å². The number of phenols is 1. The number of carbonyl (C=O) groups excluding carboxylic acids is 2. The van der Waals surface area contributed by atoms with Crippen LogP contribution in [0, 0.1) is 5.82 Å². The fourth-order valence-electron chi connectivity index (χ4n) is 2.65. The molecule has 1 amide bonds. The van der Waals surface area contributed by atoms with Crippen molar-refractivity contribution < 1.29 is 19.1 Å². The third-order valence-corrected chi connectivity index (χ3v) is 3.60. The number of rotatable bonds is 3. The Labute approximate surface area is 117 Å². The van der Waals surface area contributed by atoms with Gasteiger partial charge in [-0.25, -0.2) is 4.39 Å². The van der Waals surface area contributed by atoms with Gasteiger partial charge in [0.15, 0.2) is 0 Å². The van der Waals surface area contributed by atoms with Crippen LogP contribution in [0.2, 0.25) is 0 Å². The Kier molecular flexibility index (Phi) is 4.37. The molecule has 5 heteroatoms. The number of aromatic hydroxyl groups is 1. The molecule has 0 spiro atoms. The molecule has 1 aliphatic rings. The van der Waals surface area contributed by atoms with Crippen LogP contribution >= 0.6 is 0 Å². The number of nitrogens with zero attached hydrogens (tertiary/aromatic N) is 1. The molecular formula is C15H18FNO3. The van der Waals surface area contributed by atoms with E-state index in [0.717, 1.165) is 31.4 Å². The summed E-state index contributed by atoms with van der Waals surface area (Å²) >= 11 is 0. The number of amides is 1. The molecule has 0 bridgehead atoms. The summed E-state index contributed by atoms with van der Waals surface area (Å²) in [6.45, 7) is 2.07. The first-order chi connectivity index (χ1) is 9.49. The first kappa shape index (κ1) is 14.5. The van der Waals surface area contributed by atoms with E-state index in [1.165, 1.54) is 13.0 Å². The highest BCUT2D eigenvalue weighted by molar-refractivity contribution is 5.97. The molecule has 0 aromatic heterocycles. The first-order valence-electron chi connectivity index (χ1n) is 6.78. The predicted octanol–water partition coefficient (Wildman–Crippen LogP) is 2.51. The van der Waals surface area contributed by atoms with Crippen LogP contribution in [0.25, 0.3) is 0 Å². The second-order valence-electron chi connectivity index (χ2n) is 5.22. The fourth-order valence-corrected chi connectivity index (χ4v) is 2.65. The van der Waals surface area contributed by atoms with Gasteiger partial charge in [-0.1, -0.05) is 0 Å². The van der Waals surface area contributed by atoms with Gasteiger partial charge in [0.25, 0.3) is 5.91 Å². The third kappa shape index (κ3) is 3.15. The number of Topliss-reactive ketones (excluding diaryl/α,β-unsaturated/α-hetero) is 1. The van der Waals surface area contributed by atoms with Crippen molar-refractivity contribution in [3.8, 4) is 5.75 Å². The van der Waals surface area contributed by atoms with Crippen LogP contribution in [0.5, 0.6) is 5.75 Å². The third-order valence-electron chi connectivity index (χ3n) is 3.60. The molecule has 0 radical (unpaired) electrons. The quantitative estimate of drug-likeness (QED) is 0.925. The largest absolute Gasteiger partial charge is 0.507 e. The molecule has 108 valence electrons. The number of phenolic OH excluding ortho intramolecular Hbond substituents is 1. The Balaban J connectivity index is 2.22. The smallest absolute Gasteiger partial charge is 0.257 e. The molecule has 4 nitrogen and oxygen atoms in total. The standard InChI is InChI=1S/C15H18FNO3/c1-10(18)8-12-4-2-3-7-17(12)15(20)13-6-5-11(16)9-14(13)19/h5-6,9,12,19H,2-4,7-8H2,1H3. The molecule has 1 saturated heterocycles. The highest BCUT2D eigenvalue weighted by atomic mass is 19.1. The van der Waals surface area contributed by atoms with Gasteiger partial charge in [-0.2, -0.15) is 0 Å². The molecule has 1 unspecified atom stereocenters. The fraction of sp³-hybridized carbons (Fsp3) is 0.467. The second-order valence-corrected chi connectivity index (χ2v) is 5.22. The Morgan fingerprint density at radius 3 is 2.80 bits per heavy atom.